The highest BCUT2D eigenvalue weighted by Crippen LogP contribution is 2.26. The minimum absolute atomic E-state index is 0.204. The van der Waals surface area contributed by atoms with Gasteiger partial charge in [0.15, 0.2) is 0 Å². The van der Waals surface area contributed by atoms with Crippen LogP contribution in [0, 0.1) is 26.1 Å². The van der Waals surface area contributed by atoms with Crippen molar-refractivity contribution in [2.75, 3.05) is 10.6 Å². The van der Waals surface area contributed by atoms with Gasteiger partial charge in [-0.15, -0.1) is 0 Å². The first kappa shape index (κ1) is 19.5. The van der Waals surface area contributed by atoms with Gasteiger partial charge in [0, 0.05) is 23.4 Å². The lowest BCUT2D eigenvalue weighted by Gasteiger charge is -2.10. The molecule has 0 bridgehead atoms. The second-order valence-electron chi connectivity index (χ2n) is 5.89. The van der Waals surface area contributed by atoms with Crippen LogP contribution in [0.15, 0.2) is 42.5 Å². The van der Waals surface area contributed by atoms with E-state index in [2.05, 4.69) is 10.6 Å². The Bertz CT molecular complexity index is 925. The van der Waals surface area contributed by atoms with Crippen LogP contribution < -0.4 is 10.6 Å². The van der Waals surface area contributed by atoms with Crippen LogP contribution in [0.4, 0.5) is 22.7 Å². The summed E-state index contributed by atoms with van der Waals surface area (Å²) in [5.41, 5.74) is -0.733. The lowest BCUT2D eigenvalue weighted by molar-refractivity contribution is -0.394. The molecule has 0 aliphatic rings. The predicted molar refractivity (Wildman–Crippen MR) is 97.6 cm³/mol. The van der Waals surface area contributed by atoms with Crippen LogP contribution >= 0.6 is 0 Å². The fourth-order valence-corrected chi connectivity index (χ4v) is 2.14. The number of nitrogens with zero attached hydrogens (tertiary/aromatic N) is 2. The maximum Gasteiger partial charge on any atom is 0.289 e. The molecule has 2 aromatic rings. The van der Waals surface area contributed by atoms with Gasteiger partial charge in [-0.25, -0.2) is 0 Å². The van der Waals surface area contributed by atoms with Gasteiger partial charge >= 0.3 is 0 Å². The third-order valence-corrected chi connectivity index (χ3v) is 3.55. The van der Waals surface area contributed by atoms with E-state index in [1.165, 1.54) is 6.07 Å². The molecule has 0 aliphatic heterocycles. The molecule has 2 N–H and O–H groups in total. The molecule has 0 atom stereocenters. The SMILES string of the molecule is CC(C)C(=O)Nc1cccc(NC(=O)c2ccc([N+](=O)[O-])cc2[N+](=O)[O-])c1. The molecule has 2 amide bonds. The summed E-state index contributed by atoms with van der Waals surface area (Å²) in [6.45, 7) is 3.46. The zero-order valence-electron chi connectivity index (χ0n) is 14.5. The molecule has 0 unspecified atom stereocenters. The lowest BCUT2D eigenvalue weighted by atomic mass is 10.1. The number of nitro groups is 2. The van der Waals surface area contributed by atoms with E-state index in [9.17, 15) is 29.8 Å². The molecule has 2 rings (SSSR count). The van der Waals surface area contributed by atoms with Gasteiger partial charge in [0.2, 0.25) is 5.91 Å². The number of carbonyl (C=O) groups is 2. The third-order valence-electron chi connectivity index (χ3n) is 3.55. The normalized spacial score (nSPS) is 10.3. The molecule has 0 saturated carbocycles. The van der Waals surface area contributed by atoms with Crippen molar-refractivity contribution in [3.63, 3.8) is 0 Å². The fraction of sp³-hybridized carbons (Fsp3) is 0.176. The van der Waals surface area contributed by atoms with Gasteiger partial charge in [-0.1, -0.05) is 19.9 Å². The molecule has 10 nitrogen and oxygen atoms in total. The Morgan fingerprint density at radius 1 is 0.926 bits per heavy atom. The largest absolute Gasteiger partial charge is 0.326 e. The molecule has 0 saturated heterocycles. The summed E-state index contributed by atoms with van der Waals surface area (Å²) in [6.07, 6.45) is 0. The Kier molecular flexibility index (Phi) is 5.81. The van der Waals surface area contributed by atoms with Crippen LogP contribution in [0.2, 0.25) is 0 Å². The number of nitrogens with one attached hydrogen (secondary N) is 2. The molecule has 0 radical (unpaired) electrons. The average Bonchev–Trinajstić information content (AvgIpc) is 2.61. The number of hydrogen-bond acceptors (Lipinski definition) is 6. The van der Waals surface area contributed by atoms with Crippen molar-refractivity contribution in [1.82, 2.24) is 0 Å². The minimum Gasteiger partial charge on any atom is -0.326 e. The van der Waals surface area contributed by atoms with Gasteiger partial charge < -0.3 is 10.6 Å². The second-order valence-corrected chi connectivity index (χ2v) is 5.89. The highest BCUT2D eigenvalue weighted by Gasteiger charge is 2.24. The molecule has 0 fully saturated rings. The highest BCUT2D eigenvalue weighted by atomic mass is 16.6. The number of hydrogen-bond donors (Lipinski definition) is 2. The Morgan fingerprint density at radius 2 is 1.56 bits per heavy atom. The van der Waals surface area contributed by atoms with Crippen molar-refractivity contribution in [3.8, 4) is 0 Å². The van der Waals surface area contributed by atoms with Crippen molar-refractivity contribution < 1.29 is 19.4 Å². The number of nitro benzene ring substituents is 2. The van der Waals surface area contributed by atoms with Crippen LogP contribution in [-0.2, 0) is 4.79 Å². The average molecular weight is 372 g/mol. The molecule has 2 aromatic carbocycles. The smallest absolute Gasteiger partial charge is 0.289 e. The molecule has 0 spiro atoms. The van der Waals surface area contributed by atoms with Gasteiger partial charge in [0.05, 0.1) is 15.9 Å². The molecular formula is C17H16N4O6. The third kappa shape index (κ3) is 4.84. The topological polar surface area (TPSA) is 144 Å². The van der Waals surface area contributed by atoms with Gasteiger partial charge in [0.1, 0.15) is 5.56 Å². The Labute approximate surface area is 153 Å². The Balaban J connectivity index is 2.26. The van der Waals surface area contributed by atoms with E-state index in [4.69, 9.17) is 0 Å². The number of amides is 2. The first-order chi connectivity index (χ1) is 12.7. The van der Waals surface area contributed by atoms with Crippen molar-refractivity contribution in [2.24, 2.45) is 5.92 Å². The zero-order valence-corrected chi connectivity index (χ0v) is 14.5. The summed E-state index contributed by atoms with van der Waals surface area (Å²) in [4.78, 5) is 44.4. The van der Waals surface area contributed by atoms with Gasteiger partial charge in [-0.2, -0.15) is 0 Å². The van der Waals surface area contributed by atoms with Crippen molar-refractivity contribution in [1.29, 1.82) is 0 Å². The Hall–Kier alpha value is -3.82. The molecule has 0 aliphatic carbocycles. The number of benzene rings is 2. The summed E-state index contributed by atoms with van der Waals surface area (Å²) < 4.78 is 0. The monoisotopic (exact) mass is 372 g/mol. The lowest BCUT2D eigenvalue weighted by Crippen LogP contribution is -2.18. The van der Waals surface area contributed by atoms with Gasteiger partial charge in [-0.05, 0) is 24.3 Å². The second kappa shape index (κ2) is 8.04. The number of carbonyl (C=O) groups excluding carboxylic acids is 2. The van der Waals surface area contributed by atoms with Gasteiger partial charge in [-0.3, -0.25) is 29.8 Å². The maximum absolute atomic E-state index is 12.4. The number of anilines is 2. The molecular weight excluding hydrogens is 356 g/mol. The van der Waals surface area contributed by atoms with E-state index in [-0.39, 0.29) is 17.4 Å². The Morgan fingerprint density at radius 3 is 2.11 bits per heavy atom. The van der Waals surface area contributed by atoms with Crippen LogP contribution in [-0.4, -0.2) is 21.7 Å². The maximum atomic E-state index is 12.4. The number of non-ortho nitro benzene ring substituents is 1. The standard InChI is InChI=1S/C17H16N4O6/c1-10(2)16(22)18-11-4-3-5-12(8-11)19-17(23)14-7-6-13(20(24)25)9-15(14)21(26)27/h3-10H,1-2H3,(H,18,22)(H,19,23). The van der Waals surface area contributed by atoms with E-state index in [1.54, 1.807) is 32.0 Å². The summed E-state index contributed by atoms with van der Waals surface area (Å²) in [6, 6.07) is 9.03. The summed E-state index contributed by atoms with van der Waals surface area (Å²) in [7, 11) is 0. The van der Waals surface area contributed by atoms with Crippen molar-refractivity contribution >= 4 is 34.6 Å². The highest BCUT2D eigenvalue weighted by molar-refractivity contribution is 6.07. The van der Waals surface area contributed by atoms with Crippen LogP contribution in [0.3, 0.4) is 0 Å². The zero-order chi connectivity index (χ0) is 20.1. The quantitative estimate of drug-likeness (QED) is 0.587. The van der Waals surface area contributed by atoms with E-state index >= 15 is 0 Å². The predicted octanol–water partition coefficient (Wildman–Crippen LogP) is 3.35. The van der Waals surface area contributed by atoms with Crippen LogP contribution in [0.1, 0.15) is 24.2 Å². The first-order valence-electron chi connectivity index (χ1n) is 7.84. The minimum atomic E-state index is -0.860. The van der Waals surface area contributed by atoms with Crippen molar-refractivity contribution in [3.05, 3.63) is 68.3 Å². The van der Waals surface area contributed by atoms with E-state index in [0.29, 0.717) is 11.4 Å². The molecule has 10 heteroatoms. The number of rotatable bonds is 6. The van der Waals surface area contributed by atoms with E-state index in [0.717, 1.165) is 18.2 Å². The molecule has 0 aromatic heterocycles. The van der Waals surface area contributed by atoms with Crippen LogP contribution in [0.25, 0.3) is 0 Å². The molecule has 27 heavy (non-hydrogen) atoms. The van der Waals surface area contributed by atoms with Crippen molar-refractivity contribution in [2.45, 2.75) is 13.8 Å². The van der Waals surface area contributed by atoms with E-state index < -0.39 is 27.1 Å². The summed E-state index contributed by atoms with van der Waals surface area (Å²) in [5.74, 6) is -1.24. The molecule has 0 heterocycles. The first-order valence-corrected chi connectivity index (χ1v) is 7.84. The summed E-state index contributed by atoms with van der Waals surface area (Å²) >= 11 is 0. The fourth-order valence-electron chi connectivity index (χ4n) is 2.14. The molecule has 140 valence electrons. The van der Waals surface area contributed by atoms with Crippen LogP contribution in [0.5, 0.6) is 0 Å². The van der Waals surface area contributed by atoms with Gasteiger partial charge in [0.25, 0.3) is 17.3 Å². The summed E-state index contributed by atoms with van der Waals surface area (Å²) in [5, 5.41) is 27.1. The van der Waals surface area contributed by atoms with E-state index in [1.807, 2.05) is 0 Å².